The maximum Gasteiger partial charge on any atom is 0.340 e. The van der Waals surface area contributed by atoms with Crippen LogP contribution >= 0.6 is 0 Å². The molecule has 2 heterocycles. The van der Waals surface area contributed by atoms with Crippen molar-refractivity contribution in [2.45, 2.75) is 0 Å². The van der Waals surface area contributed by atoms with Crippen molar-refractivity contribution in [1.82, 2.24) is 19.4 Å². The van der Waals surface area contributed by atoms with E-state index in [1.165, 1.54) is 44.4 Å². The number of aromatic nitrogens is 3. The number of hydrogen-bond acceptors (Lipinski definition) is 7. The quantitative estimate of drug-likeness (QED) is 0.741. The van der Waals surface area contributed by atoms with Crippen LogP contribution in [0.4, 0.5) is 10.7 Å². The van der Waals surface area contributed by atoms with E-state index in [1.54, 1.807) is 12.1 Å². The molecule has 0 unspecified atom stereocenters. The lowest BCUT2D eigenvalue weighted by Gasteiger charge is -2.20. The van der Waals surface area contributed by atoms with E-state index < -0.39 is 16.2 Å². The molecule has 24 heavy (non-hydrogen) atoms. The highest BCUT2D eigenvalue weighted by atomic mass is 32.2. The SMILES string of the molecule is COc1cc(OC)nc(NC(=O)NS(=O)(=O)N(C)n2cccc2)n1. The van der Waals surface area contributed by atoms with E-state index in [2.05, 4.69) is 15.3 Å². The van der Waals surface area contributed by atoms with Crippen molar-refractivity contribution < 1.29 is 22.7 Å². The van der Waals surface area contributed by atoms with Gasteiger partial charge < -0.3 is 9.47 Å². The van der Waals surface area contributed by atoms with E-state index in [1.807, 2.05) is 4.72 Å². The van der Waals surface area contributed by atoms with Crippen LogP contribution in [0.2, 0.25) is 0 Å². The molecule has 0 radical (unpaired) electrons. The Morgan fingerprint density at radius 2 is 1.71 bits per heavy atom. The zero-order chi connectivity index (χ0) is 17.7. The van der Waals surface area contributed by atoms with Gasteiger partial charge in [0.15, 0.2) is 0 Å². The molecule has 0 spiro atoms. The highest BCUT2D eigenvalue weighted by molar-refractivity contribution is 7.91. The molecule has 0 aromatic carbocycles. The molecule has 0 saturated carbocycles. The molecular weight excluding hydrogens is 340 g/mol. The van der Waals surface area contributed by atoms with E-state index in [0.717, 1.165) is 4.41 Å². The predicted octanol–water partition coefficient (Wildman–Crippen LogP) is -0.0704. The summed E-state index contributed by atoms with van der Waals surface area (Å²) in [4.78, 5) is 19.6. The van der Waals surface area contributed by atoms with Gasteiger partial charge in [0.05, 0.1) is 20.3 Å². The summed E-state index contributed by atoms with van der Waals surface area (Å²) in [5.74, 6) is 0.108. The van der Waals surface area contributed by atoms with Crippen molar-refractivity contribution >= 4 is 22.2 Å². The number of amides is 2. The summed E-state index contributed by atoms with van der Waals surface area (Å²) in [6, 6.07) is 3.65. The lowest BCUT2D eigenvalue weighted by atomic mass is 10.6. The molecule has 2 N–H and O–H groups in total. The Hall–Kier alpha value is -3.02. The molecule has 0 aliphatic rings. The first-order chi connectivity index (χ1) is 11.4. The molecule has 0 saturated heterocycles. The standard InChI is InChI=1S/C12H16N6O5S/c1-17(18-6-4-5-7-18)24(20,21)16-12(19)15-11-13-9(22-2)8-10(14-11)23-3/h4-8H,1-3H3,(H2,13,14,15,16,19). The third kappa shape index (κ3) is 4.04. The number of rotatable bonds is 6. The first kappa shape index (κ1) is 17.3. The van der Waals surface area contributed by atoms with Crippen molar-refractivity contribution in [3.8, 4) is 11.8 Å². The maximum absolute atomic E-state index is 12.1. The summed E-state index contributed by atoms with van der Waals surface area (Å²) in [6.45, 7) is 0. The van der Waals surface area contributed by atoms with Gasteiger partial charge in [-0.2, -0.15) is 22.8 Å². The van der Waals surface area contributed by atoms with E-state index in [4.69, 9.17) is 9.47 Å². The number of carbonyl (C=O) groups excluding carboxylic acids is 1. The van der Waals surface area contributed by atoms with Crippen LogP contribution < -0.4 is 23.9 Å². The fourth-order valence-corrected chi connectivity index (χ4v) is 2.39. The molecule has 130 valence electrons. The first-order valence-electron chi connectivity index (χ1n) is 6.53. The third-order valence-corrected chi connectivity index (χ3v) is 4.13. The van der Waals surface area contributed by atoms with Crippen LogP contribution in [0.3, 0.4) is 0 Å². The summed E-state index contributed by atoms with van der Waals surface area (Å²) >= 11 is 0. The fraction of sp³-hybridized carbons (Fsp3) is 0.250. The van der Waals surface area contributed by atoms with Gasteiger partial charge >= 0.3 is 16.2 Å². The van der Waals surface area contributed by atoms with Crippen molar-refractivity contribution in [1.29, 1.82) is 0 Å². The van der Waals surface area contributed by atoms with Gasteiger partial charge in [-0.25, -0.2) is 9.52 Å². The van der Waals surface area contributed by atoms with Crippen LogP contribution in [0.5, 0.6) is 11.8 Å². The minimum atomic E-state index is -4.12. The molecule has 0 aliphatic heterocycles. The Kier molecular flexibility index (Phi) is 5.08. The molecule has 2 amide bonds. The van der Waals surface area contributed by atoms with Crippen LogP contribution in [0, 0.1) is 0 Å². The number of methoxy groups -OCH3 is 2. The number of carbonyl (C=O) groups is 1. The van der Waals surface area contributed by atoms with Crippen molar-refractivity contribution in [2.24, 2.45) is 0 Å². The number of anilines is 1. The van der Waals surface area contributed by atoms with Gasteiger partial charge in [0.25, 0.3) is 0 Å². The number of nitrogens with zero attached hydrogens (tertiary/aromatic N) is 4. The third-order valence-electron chi connectivity index (χ3n) is 2.81. The highest BCUT2D eigenvalue weighted by Crippen LogP contribution is 2.17. The molecule has 12 heteroatoms. The molecule has 0 aliphatic carbocycles. The van der Waals surface area contributed by atoms with Gasteiger partial charge in [-0.15, -0.1) is 0 Å². The Labute approximate surface area is 138 Å². The van der Waals surface area contributed by atoms with Crippen molar-refractivity contribution in [3.05, 3.63) is 30.6 Å². The zero-order valence-electron chi connectivity index (χ0n) is 13.1. The van der Waals surface area contributed by atoms with Crippen molar-refractivity contribution in [3.63, 3.8) is 0 Å². The van der Waals surface area contributed by atoms with Gasteiger partial charge in [0.1, 0.15) is 0 Å². The smallest absolute Gasteiger partial charge is 0.340 e. The van der Waals surface area contributed by atoms with E-state index in [0.29, 0.717) is 0 Å². The summed E-state index contributed by atoms with van der Waals surface area (Å²) < 4.78 is 38.1. The van der Waals surface area contributed by atoms with Crippen LogP contribution in [-0.4, -0.2) is 50.4 Å². The van der Waals surface area contributed by atoms with Crippen LogP contribution in [-0.2, 0) is 10.2 Å². The van der Waals surface area contributed by atoms with Gasteiger partial charge in [0.2, 0.25) is 17.7 Å². The lowest BCUT2D eigenvalue weighted by Crippen LogP contribution is -2.47. The Balaban J connectivity index is 2.10. The maximum atomic E-state index is 12.1. The van der Waals surface area contributed by atoms with Gasteiger partial charge in [-0.1, -0.05) is 0 Å². The minimum absolute atomic E-state index is 0.143. The Morgan fingerprint density at radius 3 is 2.21 bits per heavy atom. The zero-order valence-corrected chi connectivity index (χ0v) is 13.9. The summed E-state index contributed by atoms with van der Waals surface area (Å²) in [7, 11) is -0.0851. The normalized spacial score (nSPS) is 10.8. The second-order valence-corrected chi connectivity index (χ2v) is 6.02. The highest BCUT2D eigenvalue weighted by Gasteiger charge is 2.21. The Morgan fingerprint density at radius 1 is 1.17 bits per heavy atom. The molecule has 0 bridgehead atoms. The Bertz CT molecular complexity index is 785. The summed E-state index contributed by atoms with van der Waals surface area (Å²) in [5.41, 5.74) is 0. The number of urea groups is 1. The summed E-state index contributed by atoms with van der Waals surface area (Å²) in [6.07, 6.45) is 3.01. The second kappa shape index (κ2) is 7.04. The van der Waals surface area contributed by atoms with E-state index in [9.17, 15) is 13.2 Å². The molecular formula is C12H16N6O5S. The monoisotopic (exact) mass is 356 g/mol. The average molecular weight is 356 g/mol. The van der Waals surface area contributed by atoms with E-state index >= 15 is 0 Å². The van der Waals surface area contributed by atoms with Gasteiger partial charge in [0, 0.05) is 19.4 Å². The van der Waals surface area contributed by atoms with Crippen molar-refractivity contribution in [2.75, 3.05) is 31.0 Å². The van der Waals surface area contributed by atoms with Crippen LogP contribution in [0.1, 0.15) is 0 Å². The average Bonchev–Trinajstić information content (AvgIpc) is 3.07. The first-order valence-corrected chi connectivity index (χ1v) is 7.97. The minimum Gasteiger partial charge on any atom is -0.481 e. The van der Waals surface area contributed by atoms with Crippen LogP contribution in [0.25, 0.3) is 0 Å². The summed E-state index contributed by atoms with van der Waals surface area (Å²) in [5, 5.41) is 2.20. The topological polar surface area (TPSA) is 128 Å². The molecule has 0 atom stereocenters. The molecule has 2 aromatic heterocycles. The number of nitrogens with one attached hydrogen (secondary N) is 2. The predicted molar refractivity (Wildman–Crippen MR) is 84.8 cm³/mol. The second-order valence-electron chi connectivity index (χ2n) is 4.33. The lowest BCUT2D eigenvalue weighted by molar-refractivity contribution is 0.256. The van der Waals surface area contributed by atoms with Gasteiger partial charge in [-0.05, 0) is 12.1 Å². The van der Waals surface area contributed by atoms with E-state index in [-0.39, 0.29) is 17.7 Å². The fourth-order valence-electron chi connectivity index (χ4n) is 1.62. The molecule has 2 aromatic rings. The number of hydrogen-bond donors (Lipinski definition) is 2. The number of ether oxygens (including phenoxy) is 2. The molecule has 0 fully saturated rings. The van der Waals surface area contributed by atoms with Gasteiger partial charge in [-0.3, -0.25) is 9.99 Å². The largest absolute Gasteiger partial charge is 0.481 e. The van der Waals surface area contributed by atoms with Crippen LogP contribution in [0.15, 0.2) is 30.6 Å². The molecule has 11 nitrogen and oxygen atoms in total. The molecule has 2 rings (SSSR count).